The summed E-state index contributed by atoms with van der Waals surface area (Å²) in [6.45, 7) is 0.666. The molecule has 1 aliphatic heterocycles. The van der Waals surface area contributed by atoms with Crippen molar-refractivity contribution in [2.45, 2.75) is 29.8 Å². The Morgan fingerprint density at radius 1 is 1.16 bits per heavy atom. The summed E-state index contributed by atoms with van der Waals surface area (Å²) in [5, 5.41) is 3.35. The van der Waals surface area contributed by atoms with Crippen LogP contribution in [0.2, 0.25) is 0 Å². The largest absolute Gasteiger partial charge is 0.483 e. The molecule has 3 aromatic rings. The van der Waals surface area contributed by atoms with Crippen molar-refractivity contribution < 1.29 is 35.1 Å². The van der Waals surface area contributed by atoms with E-state index in [2.05, 4.69) is 10.0 Å². The summed E-state index contributed by atoms with van der Waals surface area (Å²) in [5.74, 6) is 0.0962. The molecule has 2 aromatic carbocycles. The van der Waals surface area contributed by atoms with Gasteiger partial charge >= 0.3 is 6.18 Å². The van der Waals surface area contributed by atoms with Crippen LogP contribution in [0.4, 0.5) is 23.2 Å². The second-order valence-electron chi connectivity index (χ2n) is 7.08. The SMILES string of the molecule is Cl.O=S(=O)(Nc1cc(O[C@H]2CCNC[C@H]2F)c2occc2c1)c1ccccc1C(F)(F)F. The van der Waals surface area contributed by atoms with E-state index in [-0.39, 0.29) is 36.0 Å². The molecule has 2 N–H and O–H groups in total. The maximum absolute atomic E-state index is 14.2. The molecule has 12 heteroatoms. The van der Waals surface area contributed by atoms with Gasteiger partial charge in [-0.3, -0.25) is 4.72 Å². The number of hydrogen-bond donors (Lipinski definition) is 2. The molecule has 1 fully saturated rings. The highest BCUT2D eigenvalue weighted by molar-refractivity contribution is 7.92. The second kappa shape index (κ2) is 9.16. The van der Waals surface area contributed by atoms with Crippen LogP contribution in [0, 0.1) is 0 Å². The van der Waals surface area contributed by atoms with Gasteiger partial charge in [0, 0.05) is 18.0 Å². The lowest BCUT2D eigenvalue weighted by molar-refractivity contribution is -0.139. The average Bonchev–Trinajstić information content (AvgIpc) is 3.18. The van der Waals surface area contributed by atoms with E-state index in [1.165, 1.54) is 24.5 Å². The van der Waals surface area contributed by atoms with Gasteiger partial charge in [-0.25, -0.2) is 12.8 Å². The second-order valence-corrected chi connectivity index (χ2v) is 8.73. The molecular weight excluding hydrogens is 476 g/mol. The molecule has 2 atom stereocenters. The molecule has 0 spiro atoms. The maximum Gasteiger partial charge on any atom is 0.417 e. The lowest BCUT2D eigenvalue weighted by atomic mass is 10.1. The van der Waals surface area contributed by atoms with Crippen LogP contribution in [0.3, 0.4) is 0 Å². The van der Waals surface area contributed by atoms with E-state index in [9.17, 15) is 26.0 Å². The first kappa shape index (κ1) is 24.1. The van der Waals surface area contributed by atoms with Crippen LogP contribution in [0.1, 0.15) is 12.0 Å². The fourth-order valence-corrected chi connectivity index (χ4v) is 4.70. The Labute approximate surface area is 187 Å². The monoisotopic (exact) mass is 494 g/mol. The normalized spacial score (nSPS) is 19.4. The number of rotatable bonds is 5. The Kier molecular flexibility index (Phi) is 6.91. The van der Waals surface area contributed by atoms with Gasteiger partial charge in [0.15, 0.2) is 11.3 Å². The van der Waals surface area contributed by atoms with Crippen molar-refractivity contribution in [2.24, 2.45) is 0 Å². The zero-order chi connectivity index (χ0) is 22.2. The summed E-state index contributed by atoms with van der Waals surface area (Å²) >= 11 is 0. The third kappa shape index (κ3) is 4.94. The van der Waals surface area contributed by atoms with Crippen molar-refractivity contribution in [1.82, 2.24) is 5.32 Å². The number of anilines is 1. The molecule has 0 unspecified atom stereocenters. The van der Waals surface area contributed by atoms with Crippen LogP contribution in [-0.2, 0) is 16.2 Å². The van der Waals surface area contributed by atoms with Gasteiger partial charge in [0.25, 0.3) is 10.0 Å². The lowest BCUT2D eigenvalue weighted by Gasteiger charge is -2.27. The first-order valence-corrected chi connectivity index (χ1v) is 10.9. The van der Waals surface area contributed by atoms with E-state index in [0.29, 0.717) is 24.4 Å². The Morgan fingerprint density at radius 2 is 1.91 bits per heavy atom. The summed E-state index contributed by atoms with van der Waals surface area (Å²) in [6, 6.07) is 8.10. The molecule has 0 aliphatic carbocycles. The predicted octanol–water partition coefficient (Wildman–Crippen LogP) is 4.75. The third-order valence-electron chi connectivity index (χ3n) is 4.88. The first-order valence-electron chi connectivity index (χ1n) is 9.37. The number of piperidine rings is 1. The topological polar surface area (TPSA) is 80.6 Å². The Hall–Kier alpha value is -2.50. The predicted molar refractivity (Wildman–Crippen MR) is 113 cm³/mol. The highest BCUT2D eigenvalue weighted by Crippen LogP contribution is 2.36. The van der Waals surface area contributed by atoms with Crippen LogP contribution >= 0.6 is 12.4 Å². The summed E-state index contributed by atoms with van der Waals surface area (Å²) in [6.07, 6.45) is -5.16. The standard InChI is InChI=1S/C20H18F4N2O4S.ClH/c21-15-11-25-7-5-16(15)30-17-10-13(9-12-6-8-29-19(12)17)26-31(27,28)18-4-2-1-3-14(18)20(22,23)24;/h1-4,6,8-10,15-16,25-26H,5,7,11H2;1H/t15-,16+;/m1./s1. The molecular formula is C20H19ClF4N2O4S. The molecule has 0 radical (unpaired) electrons. The zero-order valence-corrected chi connectivity index (χ0v) is 18.0. The molecule has 32 heavy (non-hydrogen) atoms. The van der Waals surface area contributed by atoms with Crippen LogP contribution in [0.5, 0.6) is 5.75 Å². The maximum atomic E-state index is 14.2. The highest BCUT2D eigenvalue weighted by atomic mass is 35.5. The number of furan rings is 1. The number of alkyl halides is 4. The minimum absolute atomic E-state index is 0. The highest BCUT2D eigenvalue weighted by Gasteiger charge is 2.37. The summed E-state index contributed by atoms with van der Waals surface area (Å²) in [4.78, 5) is -0.903. The molecule has 174 valence electrons. The van der Waals surface area contributed by atoms with E-state index in [0.717, 1.165) is 12.1 Å². The molecule has 6 nitrogen and oxygen atoms in total. The van der Waals surface area contributed by atoms with Gasteiger partial charge in [0.05, 0.1) is 22.4 Å². The number of halogens is 5. The van der Waals surface area contributed by atoms with Crippen molar-refractivity contribution in [2.75, 3.05) is 17.8 Å². The van der Waals surface area contributed by atoms with Crippen molar-refractivity contribution in [3.05, 3.63) is 54.3 Å². The Morgan fingerprint density at radius 3 is 2.62 bits per heavy atom. The van der Waals surface area contributed by atoms with Crippen molar-refractivity contribution in [1.29, 1.82) is 0 Å². The van der Waals surface area contributed by atoms with Crippen LogP contribution in [0.15, 0.2) is 58.0 Å². The average molecular weight is 495 g/mol. The minimum Gasteiger partial charge on any atom is -0.483 e. The van der Waals surface area contributed by atoms with Gasteiger partial charge in [-0.2, -0.15) is 13.2 Å². The molecule has 1 saturated heterocycles. The van der Waals surface area contributed by atoms with Gasteiger partial charge < -0.3 is 14.5 Å². The summed E-state index contributed by atoms with van der Waals surface area (Å²) < 4.78 is 92.8. The van der Waals surface area contributed by atoms with Crippen LogP contribution in [0.25, 0.3) is 11.0 Å². The summed E-state index contributed by atoms with van der Waals surface area (Å²) in [5.41, 5.74) is -1.03. The fourth-order valence-electron chi connectivity index (χ4n) is 3.43. The molecule has 1 aromatic heterocycles. The number of benzene rings is 2. The van der Waals surface area contributed by atoms with Crippen molar-refractivity contribution >= 4 is 39.1 Å². The van der Waals surface area contributed by atoms with Crippen LogP contribution < -0.4 is 14.8 Å². The van der Waals surface area contributed by atoms with Crippen LogP contribution in [-0.4, -0.2) is 33.8 Å². The van der Waals surface area contributed by atoms with Gasteiger partial charge in [-0.1, -0.05) is 12.1 Å². The van der Waals surface area contributed by atoms with Gasteiger partial charge in [-0.05, 0) is 37.2 Å². The molecule has 0 amide bonds. The summed E-state index contributed by atoms with van der Waals surface area (Å²) in [7, 11) is -4.58. The lowest BCUT2D eigenvalue weighted by Crippen LogP contribution is -2.44. The van der Waals surface area contributed by atoms with Gasteiger partial charge in [0.1, 0.15) is 12.3 Å². The van der Waals surface area contributed by atoms with E-state index < -0.39 is 38.9 Å². The van der Waals surface area contributed by atoms with E-state index in [1.54, 1.807) is 6.07 Å². The smallest absolute Gasteiger partial charge is 0.417 e. The Bertz CT molecular complexity index is 1200. The number of ether oxygens (including phenoxy) is 1. The van der Waals surface area contributed by atoms with Gasteiger partial charge in [-0.15, -0.1) is 12.4 Å². The van der Waals surface area contributed by atoms with E-state index >= 15 is 0 Å². The van der Waals surface area contributed by atoms with Gasteiger partial charge in [0.2, 0.25) is 0 Å². The van der Waals surface area contributed by atoms with E-state index in [4.69, 9.17) is 9.15 Å². The number of hydrogen-bond acceptors (Lipinski definition) is 5. The number of fused-ring (bicyclic) bond motifs is 1. The Balaban J connectivity index is 0.00000289. The quantitative estimate of drug-likeness (QED) is 0.500. The third-order valence-corrected chi connectivity index (χ3v) is 6.32. The zero-order valence-electron chi connectivity index (χ0n) is 16.4. The molecule has 2 heterocycles. The first-order chi connectivity index (χ1) is 14.6. The van der Waals surface area contributed by atoms with Crippen molar-refractivity contribution in [3.63, 3.8) is 0 Å². The molecule has 1 aliphatic rings. The fraction of sp³-hybridized carbons (Fsp3) is 0.300. The minimum atomic E-state index is -4.85. The van der Waals surface area contributed by atoms with Crippen molar-refractivity contribution in [3.8, 4) is 5.75 Å². The molecule has 0 saturated carbocycles. The number of nitrogens with one attached hydrogen (secondary N) is 2. The number of sulfonamides is 1. The molecule has 4 rings (SSSR count). The molecule has 0 bridgehead atoms. The van der Waals surface area contributed by atoms with E-state index in [1.807, 2.05) is 0 Å².